The third kappa shape index (κ3) is 1.64. The molecule has 0 bridgehead atoms. The Hall–Kier alpha value is -2.10. The number of guanidine groups is 1. The first-order valence-corrected chi connectivity index (χ1v) is 4.21. The van der Waals surface area contributed by atoms with Crippen LogP contribution in [0.2, 0.25) is 0 Å². The van der Waals surface area contributed by atoms with Gasteiger partial charge in [-0.3, -0.25) is 5.41 Å². The van der Waals surface area contributed by atoms with Crippen LogP contribution in [0.4, 0.5) is 5.82 Å². The van der Waals surface area contributed by atoms with Gasteiger partial charge in [-0.1, -0.05) is 24.3 Å². The minimum atomic E-state index is -0.104. The Morgan fingerprint density at radius 3 is 2.71 bits per heavy atom. The second kappa shape index (κ2) is 3.33. The molecule has 0 radical (unpaired) electrons. The monoisotopic (exact) mass is 186 g/mol. The van der Waals surface area contributed by atoms with Crippen LogP contribution in [-0.4, -0.2) is 10.9 Å². The number of nitrogens with two attached hydrogens (primary N) is 1. The molecule has 2 rings (SSSR count). The fourth-order valence-corrected chi connectivity index (χ4v) is 1.29. The van der Waals surface area contributed by atoms with Crippen LogP contribution in [0.1, 0.15) is 0 Å². The lowest BCUT2D eigenvalue weighted by Crippen LogP contribution is -2.20. The van der Waals surface area contributed by atoms with Gasteiger partial charge >= 0.3 is 0 Å². The van der Waals surface area contributed by atoms with E-state index >= 15 is 0 Å². The summed E-state index contributed by atoms with van der Waals surface area (Å²) >= 11 is 0. The lowest BCUT2D eigenvalue weighted by molar-refractivity contribution is 1.32. The molecule has 0 aliphatic rings. The maximum atomic E-state index is 7.07. The average Bonchev–Trinajstić information content (AvgIpc) is 2.17. The first-order chi connectivity index (χ1) is 6.75. The molecule has 0 atom stereocenters. The molecule has 0 amide bonds. The second-order valence-corrected chi connectivity index (χ2v) is 2.96. The smallest absolute Gasteiger partial charge is 0.191 e. The van der Waals surface area contributed by atoms with E-state index in [9.17, 15) is 0 Å². The van der Waals surface area contributed by atoms with Gasteiger partial charge in [-0.2, -0.15) is 0 Å². The number of hydrogen-bond donors (Lipinski definition) is 3. The molecule has 2 aromatic rings. The predicted molar refractivity (Wildman–Crippen MR) is 57.3 cm³/mol. The molecular formula is C10H10N4. The van der Waals surface area contributed by atoms with E-state index < -0.39 is 0 Å². The molecule has 0 saturated heterocycles. The first-order valence-electron chi connectivity index (χ1n) is 4.21. The molecule has 1 aromatic heterocycles. The van der Waals surface area contributed by atoms with Gasteiger partial charge in [-0.05, 0) is 11.5 Å². The standard InChI is InChI=1S/C10H10N4/c11-10(12)14-9-5-7-3-1-2-4-8(7)6-13-9/h1-6H,(H4,11,12,13,14). The number of anilines is 1. The normalized spacial score (nSPS) is 10.0. The summed E-state index contributed by atoms with van der Waals surface area (Å²) in [7, 11) is 0. The summed E-state index contributed by atoms with van der Waals surface area (Å²) < 4.78 is 0. The summed E-state index contributed by atoms with van der Waals surface area (Å²) in [6.45, 7) is 0. The van der Waals surface area contributed by atoms with Crippen molar-refractivity contribution in [1.82, 2.24) is 4.98 Å². The fraction of sp³-hybridized carbons (Fsp3) is 0. The highest BCUT2D eigenvalue weighted by atomic mass is 15.1. The van der Waals surface area contributed by atoms with Crippen molar-refractivity contribution < 1.29 is 0 Å². The van der Waals surface area contributed by atoms with E-state index in [0.29, 0.717) is 5.82 Å². The zero-order valence-electron chi connectivity index (χ0n) is 7.49. The van der Waals surface area contributed by atoms with Crippen LogP contribution < -0.4 is 11.1 Å². The van der Waals surface area contributed by atoms with Crippen LogP contribution in [0.3, 0.4) is 0 Å². The minimum absolute atomic E-state index is 0.104. The predicted octanol–water partition coefficient (Wildman–Crippen LogP) is 1.54. The molecule has 4 nitrogen and oxygen atoms in total. The highest BCUT2D eigenvalue weighted by molar-refractivity contribution is 5.91. The summed E-state index contributed by atoms with van der Waals surface area (Å²) in [6, 6.07) is 9.75. The van der Waals surface area contributed by atoms with Crippen LogP contribution in [0.15, 0.2) is 36.5 Å². The Bertz CT molecular complexity index is 478. The van der Waals surface area contributed by atoms with Crippen molar-refractivity contribution in [2.45, 2.75) is 0 Å². The third-order valence-corrected chi connectivity index (χ3v) is 1.89. The van der Waals surface area contributed by atoms with Gasteiger partial charge in [0.2, 0.25) is 0 Å². The van der Waals surface area contributed by atoms with Gasteiger partial charge in [0.15, 0.2) is 5.96 Å². The molecule has 0 aliphatic heterocycles. The Labute approximate surface area is 81.3 Å². The summed E-state index contributed by atoms with van der Waals surface area (Å²) in [6.07, 6.45) is 1.75. The van der Waals surface area contributed by atoms with Crippen molar-refractivity contribution in [1.29, 1.82) is 5.41 Å². The number of nitrogens with zero attached hydrogens (tertiary/aromatic N) is 1. The largest absolute Gasteiger partial charge is 0.370 e. The number of aromatic nitrogens is 1. The minimum Gasteiger partial charge on any atom is -0.370 e. The molecule has 0 unspecified atom stereocenters. The quantitative estimate of drug-likeness (QED) is 0.467. The van der Waals surface area contributed by atoms with Crippen LogP contribution >= 0.6 is 0 Å². The van der Waals surface area contributed by atoms with Gasteiger partial charge in [0.1, 0.15) is 5.82 Å². The molecule has 1 aromatic carbocycles. The van der Waals surface area contributed by atoms with E-state index in [0.717, 1.165) is 10.8 Å². The summed E-state index contributed by atoms with van der Waals surface area (Å²) in [5.74, 6) is 0.490. The summed E-state index contributed by atoms with van der Waals surface area (Å²) in [4.78, 5) is 4.12. The van der Waals surface area contributed by atoms with E-state index in [-0.39, 0.29) is 5.96 Å². The van der Waals surface area contributed by atoms with E-state index in [1.807, 2.05) is 30.3 Å². The Balaban J connectivity index is 2.46. The van der Waals surface area contributed by atoms with Crippen molar-refractivity contribution in [3.63, 3.8) is 0 Å². The van der Waals surface area contributed by atoms with Crippen LogP contribution in [0, 0.1) is 5.41 Å². The lowest BCUT2D eigenvalue weighted by Gasteiger charge is -2.03. The van der Waals surface area contributed by atoms with Crippen molar-refractivity contribution in [3.05, 3.63) is 36.5 Å². The number of fused-ring (bicyclic) bond motifs is 1. The van der Waals surface area contributed by atoms with Gasteiger partial charge in [0.05, 0.1) is 0 Å². The molecule has 0 spiro atoms. The molecule has 1 heterocycles. The van der Waals surface area contributed by atoms with Crippen molar-refractivity contribution in [2.24, 2.45) is 5.73 Å². The molecule has 70 valence electrons. The van der Waals surface area contributed by atoms with E-state index in [1.165, 1.54) is 0 Å². The van der Waals surface area contributed by atoms with Gasteiger partial charge in [0.25, 0.3) is 0 Å². The second-order valence-electron chi connectivity index (χ2n) is 2.96. The van der Waals surface area contributed by atoms with Crippen molar-refractivity contribution >= 4 is 22.5 Å². The summed E-state index contributed by atoms with van der Waals surface area (Å²) in [5, 5.41) is 11.9. The van der Waals surface area contributed by atoms with Crippen LogP contribution in [0.25, 0.3) is 10.8 Å². The Morgan fingerprint density at radius 2 is 2.00 bits per heavy atom. The molecule has 4 N–H and O–H groups in total. The third-order valence-electron chi connectivity index (χ3n) is 1.89. The molecule has 0 fully saturated rings. The zero-order chi connectivity index (χ0) is 9.97. The number of pyridine rings is 1. The average molecular weight is 186 g/mol. The zero-order valence-corrected chi connectivity index (χ0v) is 7.49. The number of nitrogens with one attached hydrogen (secondary N) is 2. The topological polar surface area (TPSA) is 74.8 Å². The highest BCUT2D eigenvalue weighted by Gasteiger charge is 1.96. The number of rotatable bonds is 1. The molecule has 0 saturated carbocycles. The SMILES string of the molecule is N=C(N)Nc1cc2ccccc2cn1. The Kier molecular flexibility index (Phi) is 2.02. The van der Waals surface area contributed by atoms with Gasteiger partial charge < -0.3 is 11.1 Å². The van der Waals surface area contributed by atoms with Gasteiger partial charge in [-0.25, -0.2) is 4.98 Å². The maximum Gasteiger partial charge on any atom is 0.191 e. The first kappa shape index (κ1) is 8.50. The number of hydrogen-bond acceptors (Lipinski definition) is 2. The van der Waals surface area contributed by atoms with E-state index in [1.54, 1.807) is 6.20 Å². The molecule has 14 heavy (non-hydrogen) atoms. The van der Waals surface area contributed by atoms with Crippen LogP contribution in [-0.2, 0) is 0 Å². The number of benzene rings is 1. The summed E-state index contributed by atoms with van der Waals surface area (Å²) in [5.41, 5.74) is 5.20. The Morgan fingerprint density at radius 1 is 1.29 bits per heavy atom. The molecule has 0 aliphatic carbocycles. The molecule has 4 heteroatoms. The van der Waals surface area contributed by atoms with Gasteiger partial charge in [0, 0.05) is 11.6 Å². The van der Waals surface area contributed by atoms with E-state index in [2.05, 4.69) is 10.3 Å². The highest BCUT2D eigenvalue weighted by Crippen LogP contribution is 2.15. The van der Waals surface area contributed by atoms with Gasteiger partial charge in [-0.15, -0.1) is 0 Å². The van der Waals surface area contributed by atoms with E-state index in [4.69, 9.17) is 11.1 Å². The maximum absolute atomic E-state index is 7.07. The lowest BCUT2D eigenvalue weighted by atomic mass is 10.2. The van der Waals surface area contributed by atoms with Crippen LogP contribution in [0.5, 0.6) is 0 Å². The fourth-order valence-electron chi connectivity index (χ4n) is 1.29. The molecular weight excluding hydrogens is 176 g/mol. The van der Waals surface area contributed by atoms with Crippen molar-refractivity contribution in [2.75, 3.05) is 5.32 Å². The van der Waals surface area contributed by atoms with Crippen molar-refractivity contribution in [3.8, 4) is 0 Å².